The number of aryl methyl sites for hydroxylation is 2. The molecule has 0 radical (unpaired) electrons. The fraction of sp³-hybridized carbons (Fsp3) is 0.400. The van der Waals surface area contributed by atoms with Gasteiger partial charge in [-0.15, -0.1) is 0 Å². The number of aromatic nitrogens is 3. The molecule has 0 bridgehead atoms. The van der Waals surface area contributed by atoms with Gasteiger partial charge in [0.25, 0.3) is 0 Å². The van der Waals surface area contributed by atoms with E-state index in [9.17, 15) is 0 Å². The van der Waals surface area contributed by atoms with Crippen LogP contribution in [-0.4, -0.2) is 21.0 Å². The molecule has 3 N–H and O–H groups in total. The predicted molar refractivity (Wildman–Crippen MR) is 81.4 cm³/mol. The molecule has 2 aromatic rings. The van der Waals surface area contributed by atoms with Crippen LogP contribution in [0.15, 0.2) is 30.3 Å². The van der Waals surface area contributed by atoms with E-state index in [1.54, 1.807) is 0 Å². The molecule has 0 saturated carbocycles. The van der Waals surface area contributed by atoms with E-state index in [1.807, 2.05) is 13.0 Å². The molecule has 1 aromatic heterocycles. The summed E-state index contributed by atoms with van der Waals surface area (Å²) in [4.78, 5) is 12.3. The Morgan fingerprint density at radius 3 is 2.60 bits per heavy atom. The highest BCUT2D eigenvalue weighted by atomic mass is 15.2. The number of hydrogen-bond donors (Lipinski definition) is 2. The largest absolute Gasteiger partial charge is 0.368 e. The number of nitrogens with two attached hydrogens (primary N) is 1. The van der Waals surface area contributed by atoms with Crippen molar-refractivity contribution in [2.45, 2.75) is 39.2 Å². The Kier molecular flexibility index (Phi) is 4.87. The topological polar surface area (TPSA) is 76.7 Å². The fourth-order valence-corrected chi connectivity index (χ4v) is 2.12. The van der Waals surface area contributed by atoms with Crippen LogP contribution in [-0.2, 0) is 6.42 Å². The first-order valence-corrected chi connectivity index (χ1v) is 6.92. The van der Waals surface area contributed by atoms with Gasteiger partial charge in [-0.1, -0.05) is 30.3 Å². The maximum Gasteiger partial charge on any atom is 0.227 e. The molecular weight excluding hydrogens is 250 g/mol. The van der Waals surface area contributed by atoms with Gasteiger partial charge < -0.3 is 11.1 Å². The monoisotopic (exact) mass is 271 g/mol. The highest BCUT2D eigenvalue weighted by Gasteiger charge is 2.06. The van der Waals surface area contributed by atoms with Gasteiger partial charge in [0.05, 0.1) is 0 Å². The molecule has 0 spiro atoms. The first kappa shape index (κ1) is 14.2. The van der Waals surface area contributed by atoms with Crippen molar-refractivity contribution in [3.8, 4) is 0 Å². The molecule has 5 heteroatoms. The van der Waals surface area contributed by atoms with E-state index in [0.29, 0.717) is 17.8 Å². The van der Waals surface area contributed by atoms with Crippen molar-refractivity contribution in [1.82, 2.24) is 15.0 Å². The van der Waals surface area contributed by atoms with E-state index >= 15 is 0 Å². The van der Waals surface area contributed by atoms with E-state index in [2.05, 4.69) is 51.5 Å². The number of anilines is 2. The first-order valence-electron chi connectivity index (χ1n) is 6.92. The zero-order valence-corrected chi connectivity index (χ0v) is 12.0. The highest BCUT2D eigenvalue weighted by molar-refractivity contribution is 5.31. The second-order valence-corrected chi connectivity index (χ2v) is 4.99. The van der Waals surface area contributed by atoms with Crippen LogP contribution >= 0.6 is 0 Å². The summed E-state index contributed by atoms with van der Waals surface area (Å²) in [6.07, 6.45) is 3.27. The van der Waals surface area contributed by atoms with Gasteiger partial charge in [-0.05, 0) is 38.7 Å². The summed E-state index contributed by atoms with van der Waals surface area (Å²) in [6, 6.07) is 10.8. The molecule has 0 fully saturated rings. The van der Waals surface area contributed by atoms with Gasteiger partial charge >= 0.3 is 0 Å². The van der Waals surface area contributed by atoms with Gasteiger partial charge in [0.15, 0.2) is 0 Å². The smallest absolute Gasteiger partial charge is 0.227 e. The first-order chi connectivity index (χ1) is 9.63. The number of nitrogens with one attached hydrogen (secondary N) is 1. The normalized spacial score (nSPS) is 12.1. The van der Waals surface area contributed by atoms with Gasteiger partial charge in [-0.3, -0.25) is 0 Å². The average molecular weight is 271 g/mol. The lowest BCUT2D eigenvalue weighted by Crippen LogP contribution is -2.18. The van der Waals surface area contributed by atoms with Gasteiger partial charge in [0, 0.05) is 6.04 Å². The number of benzene rings is 1. The molecule has 2 rings (SSSR count). The lowest BCUT2D eigenvalue weighted by molar-refractivity contribution is 0.650. The summed E-state index contributed by atoms with van der Waals surface area (Å²) in [5.74, 6) is 1.45. The highest BCUT2D eigenvalue weighted by Crippen LogP contribution is 2.10. The molecule has 1 heterocycles. The van der Waals surface area contributed by atoms with E-state index < -0.39 is 0 Å². The third-order valence-electron chi connectivity index (χ3n) is 3.09. The minimum atomic E-state index is 0.261. The molecule has 1 aromatic carbocycles. The van der Waals surface area contributed by atoms with Crippen LogP contribution in [0.25, 0.3) is 0 Å². The maximum absolute atomic E-state index is 5.61. The summed E-state index contributed by atoms with van der Waals surface area (Å²) in [6.45, 7) is 3.93. The minimum Gasteiger partial charge on any atom is -0.368 e. The van der Waals surface area contributed by atoms with Crippen LogP contribution in [0.4, 0.5) is 11.9 Å². The van der Waals surface area contributed by atoms with Crippen LogP contribution in [0.2, 0.25) is 0 Å². The van der Waals surface area contributed by atoms with Gasteiger partial charge in [-0.2, -0.15) is 15.0 Å². The molecule has 0 aliphatic heterocycles. The zero-order chi connectivity index (χ0) is 14.4. The molecule has 0 unspecified atom stereocenters. The van der Waals surface area contributed by atoms with E-state index in [1.165, 1.54) is 5.56 Å². The van der Waals surface area contributed by atoms with Gasteiger partial charge in [0.2, 0.25) is 11.9 Å². The fourth-order valence-electron chi connectivity index (χ4n) is 2.12. The lowest BCUT2D eigenvalue weighted by atomic mass is 10.1. The molecule has 1 atom stereocenters. The lowest BCUT2D eigenvalue weighted by Gasteiger charge is -2.14. The second kappa shape index (κ2) is 6.84. The van der Waals surface area contributed by atoms with Crippen molar-refractivity contribution in [2.75, 3.05) is 11.1 Å². The minimum absolute atomic E-state index is 0.261. The standard InChI is InChI=1S/C15H21N5/c1-11(7-6-10-13-8-4-3-5-9-13)17-15-19-12(2)18-14(16)20-15/h3-5,8-9,11H,6-7,10H2,1-2H3,(H3,16,17,18,19,20)/t11-/m0/s1. The van der Waals surface area contributed by atoms with Gasteiger partial charge in [0.1, 0.15) is 5.82 Å². The van der Waals surface area contributed by atoms with Crippen molar-refractivity contribution in [1.29, 1.82) is 0 Å². The van der Waals surface area contributed by atoms with E-state index in [-0.39, 0.29) is 5.95 Å². The number of nitrogen functional groups attached to an aromatic ring is 1. The van der Waals surface area contributed by atoms with Crippen molar-refractivity contribution < 1.29 is 0 Å². The van der Waals surface area contributed by atoms with Crippen molar-refractivity contribution in [3.63, 3.8) is 0 Å². The van der Waals surface area contributed by atoms with Crippen LogP contribution in [0.3, 0.4) is 0 Å². The third kappa shape index (κ3) is 4.50. The van der Waals surface area contributed by atoms with Crippen molar-refractivity contribution >= 4 is 11.9 Å². The Balaban J connectivity index is 1.79. The van der Waals surface area contributed by atoms with E-state index in [4.69, 9.17) is 5.73 Å². The Morgan fingerprint density at radius 1 is 1.15 bits per heavy atom. The summed E-state index contributed by atoms with van der Waals surface area (Å²) >= 11 is 0. The van der Waals surface area contributed by atoms with E-state index in [0.717, 1.165) is 19.3 Å². The summed E-state index contributed by atoms with van der Waals surface area (Å²) < 4.78 is 0. The van der Waals surface area contributed by atoms with Crippen LogP contribution in [0.1, 0.15) is 31.2 Å². The third-order valence-corrected chi connectivity index (χ3v) is 3.09. The molecular formula is C15H21N5. The molecule has 0 saturated heterocycles. The van der Waals surface area contributed by atoms with Crippen molar-refractivity contribution in [3.05, 3.63) is 41.7 Å². The number of nitrogens with zero attached hydrogens (tertiary/aromatic N) is 3. The molecule has 106 valence electrons. The Morgan fingerprint density at radius 2 is 1.90 bits per heavy atom. The summed E-state index contributed by atoms with van der Waals surface area (Å²) in [5.41, 5.74) is 6.98. The average Bonchev–Trinajstić information content (AvgIpc) is 2.38. The quantitative estimate of drug-likeness (QED) is 0.844. The summed E-state index contributed by atoms with van der Waals surface area (Å²) in [5, 5.41) is 3.27. The molecule has 0 aliphatic rings. The molecule has 0 aliphatic carbocycles. The predicted octanol–water partition coefficient (Wildman–Crippen LogP) is 2.59. The summed E-state index contributed by atoms with van der Waals surface area (Å²) in [7, 11) is 0. The van der Waals surface area contributed by atoms with Crippen LogP contribution < -0.4 is 11.1 Å². The maximum atomic E-state index is 5.61. The number of hydrogen-bond acceptors (Lipinski definition) is 5. The molecule has 0 amide bonds. The van der Waals surface area contributed by atoms with Crippen LogP contribution in [0, 0.1) is 6.92 Å². The Hall–Kier alpha value is -2.17. The Labute approximate surface area is 119 Å². The molecule has 5 nitrogen and oxygen atoms in total. The molecule has 20 heavy (non-hydrogen) atoms. The van der Waals surface area contributed by atoms with Gasteiger partial charge in [-0.25, -0.2) is 0 Å². The SMILES string of the molecule is Cc1nc(N)nc(N[C@@H](C)CCCc2ccccc2)n1. The van der Waals surface area contributed by atoms with Crippen molar-refractivity contribution in [2.24, 2.45) is 0 Å². The second-order valence-electron chi connectivity index (χ2n) is 4.99. The zero-order valence-electron chi connectivity index (χ0n) is 12.0. The Bertz CT molecular complexity index is 521. The number of rotatable bonds is 6. The van der Waals surface area contributed by atoms with Crippen LogP contribution in [0.5, 0.6) is 0 Å².